The molecule has 0 bridgehead atoms. The minimum Gasteiger partial charge on any atom is -0.507 e. The summed E-state index contributed by atoms with van der Waals surface area (Å²) >= 11 is 0. The number of fused-ring (bicyclic) bond motifs is 3. The maximum absolute atomic E-state index is 13.5. The summed E-state index contributed by atoms with van der Waals surface area (Å²) in [7, 11) is 2.89. The molecule has 0 aromatic heterocycles. The molecule has 1 amide bonds. The second-order valence-corrected chi connectivity index (χ2v) is 8.68. The first-order chi connectivity index (χ1) is 14.4. The van der Waals surface area contributed by atoms with E-state index in [0.29, 0.717) is 5.56 Å². The smallest absolute Gasteiger partial charge is 0.235 e. The maximum Gasteiger partial charge on any atom is 0.235 e. The van der Waals surface area contributed by atoms with E-state index in [-0.39, 0.29) is 17.7 Å². The fourth-order valence-corrected chi connectivity index (χ4v) is 5.55. The van der Waals surface area contributed by atoms with Crippen LogP contribution in [0.4, 0.5) is 0 Å². The zero-order valence-corrected chi connectivity index (χ0v) is 16.8. The molecule has 2 saturated carbocycles. The Bertz CT molecular complexity index is 1050. The van der Waals surface area contributed by atoms with E-state index in [1.54, 1.807) is 6.07 Å². The monoisotopic (exact) mass is 430 g/mol. The van der Waals surface area contributed by atoms with E-state index in [9.17, 15) is 39.3 Å². The van der Waals surface area contributed by atoms with E-state index in [2.05, 4.69) is 0 Å². The van der Waals surface area contributed by atoms with Crippen LogP contribution in [0.5, 0.6) is 5.75 Å². The lowest BCUT2D eigenvalue weighted by Crippen LogP contribution is -2.77. The highest BCUT2D eigenvalue weighted by molar-refractivity contribution is 6.32. The van der Waals surface area contributed by atoms with Gasteiger partial charge in [0.2, 0.25) is 5.91 Å². The van der Waals surface area contributed by atoms with Crippen LogP contribution in [0, 0.1) is 23.7 Å². The molecule has 2 unspecified atom stereocenters. The number of amides is 1. The van der Waals surface area contributed by atoms with Crippen molar-refractivity contribution < 1.29 is 39.3 Å². The van der Waals surface area contributed by atoms with Gasteiger partial charge in [0.25, 0.3) is 0 Å². The number of ketones is 4. The number of aromatic hydroxyl groups is 1. The van der Waals surface area contributed by atoms with Gasteiger partial charge in [-0.1, -0.05) is 12.1 Å². The number of likely N-dealkylation sites (N-methyl/N-ethyl adjacent to an activating group) is 1. The van der Waals surface area contributed by atoms with Gasteiger partial charge in [-0.2, -0.15) is 0 Å². The Morgan fingerprint density at radius 3 is 2.39 bits per heavy atom. The van der Waals surface area contributed by atoms with Crippen molar-refractivity contribution in [1.29, 1.82) is 0 Å². The molecule has 0 radical (unpaired) electrons. The van der Waals surface area contributed by atoms with Crippen molar-refractivity contribution in [3.05, 3.63) is 29.3 Å². The second kappa shape index (κ2) is 6.78. The number of hydrogen-bond donors (Lipinski definition) is 4. The summed E-state index contributed by atoms with van der Waals surface area (Å²) < 4.78 is 0. The number of aliphatic hydroxyl groups excluding tert-OH is 1. The number of benzene rings is 1. The molecule has 4 rings (SSSR count). The van der Waals surface area contributed by atoms with Crippen molar-refractivity contribution in [2.75, 3.05) is 14.1 Å². The molecule has 1 aromatic carbocycles. The molecule has 31 heavy (non-hydrogen) atoms. The average molecular weight is 430 g/mol. The van der Waals surface area contributed by atoms with Crippen LogP contribution in [-0.2, 0) is 25.6 Å². The Labute approximate surface area is 176 Å². The van der Waals surface area contributed by atoms with Crippen LogP contribution in [0.25, 0.3) is 0 Å². The molecule has 3 aliphatic carbocycles. The summed E-state index contributed by atoms with van der Waals surface area (Å²) in [5.41, 5.74) is 2.57. The summed E-state index contributed by atoms with van der Waals surface area (Å²) in [6.07, 6.45) is -1.58. The largest absolute Gasteiger partial charge is 0.507 e. The highest BCUT2D eigenvalue weighted by Crippen LogP contribution is 2.50. The molecule has 3 aliphatic rings. The van der Waals surface area contributed by atoms with Gasteiger partial charge >= 0.3 is 0 Å². The molecule has 10 heteroatoms. The number of hydrogen-bond acceptors (Lipinski definition) is 9. The first-order valence-electron chi connectivity index (χ1n) is 9.78. The summed E-state index contributed by atoms with van der Waals surface area (Å²) in [6, 6.07) is 3.00. The topological polar surface area (TPSA) is 175 Å². The van der Waals surface area contributed by atoms with Gasteiger partial charge in [-0.15, -0.1) is 0 Å². The quantitative estimate of drug-likeness (QED) is 0.381. The summed E-state index contributed by atoms with van der Waals surface area (Å²) in [4.78, 5) is 65.8. The standard InChI is InChI=1S/C21H22N2O8/c1-23(2)14-13-15(25)8-6-7-4-3-5-9(24)10(7)16(26)11(8)18(28)21(13,31)19(29)12(17(14)27)20(22)30/h3-5,8,11-15,24-25,31H,6H2,1-2H3,(H2,22,30)/t8-,11?,12?,13-,14+,15-,21+/m1/s1. The zero-order chi connectivity index (χ0) is 23.0. The number of carbonyl (C=O) groups excluding carboxylic acids is 5. The number of rotatable bonds is 2. The minimum atomic E-state index is -2.96. The predicted octanol–water partition coefficient (Wildman–Crippen LogP) is -2.16. The normalized spacial score (nSPS) is 37.3. The molecule has 0 aliphatic heterocycles. The van der Waals surface area contributed by atoms with Gasteiger partial charge in [0.1, 0.15) is 5.75 Å². The number of aliphatic hydroxyl groups is 2. The Morgan fingerprint density at radius 2 is 1.81 bits per heavy atom. The van der Waals surface area contributed by atoms with Gasteiger partial charge in [-0.3, -0.25) is 28.9 Å². The lowest BCUT2D eigenvalue weighted by molar-refractivity contribution is -0.195. The van der Waals surface area contributed by atoms with Crippen molar-refractivity contribution in [2.24, 2.45) is 29.4 Å². The van der Waals surface area contributed by atoms with Crippen LogP contribution < -0.4 is 5.73 Å². The van der Waals surface area contributed by atoms with E-state index in [1.807, 2.05) is 0 Å². The third-order valence-electron chi connectivity index (χ3n) is 6.88. The number of carbonyl (C=O) groups is 5. The van der Waals surface area contributed by atoms with Crippen LogP contribution >= 0.6 is 0 Å². The summed E-state index contributed by atoms with van der Waals surface area (Å²) in [5.74, 6) is -12.4. The number of primary amides is 1. The van der Waals surface area contributed by atoms with Gasteiger partial charge in [0.05, 0.1) is 29.5 Å². The van der Waals surface area contributed by atoms with Crippen molar-refractivity contribution in [1.82, 2.24) is 4.90 Å². The molecule has 5 N–H and O–H groups in total. The molecule has 1 aromatic rings. The molecule has 164 valence electrons. The highest BCUT2D eigenvalue weighted by atomic mass is 16.3. The van der Waals surface area contributed by atoms with Crippen LogP contribution in [0.15, 0.2) is 18.2 Å². The van der Waals surface area contributed by atoms with Crippen molar-refractivity contribution in [3.8, 4) is 5.75 Å². The van der Waals surface area contributed by atoms with Crippen molar-refractivity contribution in [3.63, 3.8) is 0 Å². The molecule has 10 nitrogen and oxygen atoms in total. The van der Waals surface area contributed by atoms with Gasteiger partial charge in [-0.25, -0.2) is 0 Å². The van der Waals surface area contributed by atoms with Gasteiger partial charge < -0.3 is 21.1 Å². The van der Waals surface area contributed by atoms with E-state index in [4.69, 9.17) is 5.73 Å². The first kappa shape index (κ1) is 21.3. The molecular weight excluding hydrogens is 408 g/mol. The van der Waals surface area contributed by atoms with Crippen LogP contribution in [0.1, 0.15) is 15.9 Å². The average Bonchev–Trinajstić information content (AvgIpc) is 2.67. The number of phenolic OH excluding ortho intramolecular Hbond substituents is 1. The van der Waals surface area contributed by atoms with E-state index < -0.39 is 70.5 Å². The molecular formula is C21H22N2O8. The SMILES string of the molecule is CN(C)[C@@H]1C(=O)C(C(N)=O)C(=O)[C@@]2(O)C(=O)C3C(=O)c4c(O)cccc4C[C@H]3[C@@H](O)[C@@H]12. The summed E-state index contributed by atoms with van der Waals surface area (Å²) in [5, 5.41) is 32.7. The summed E-state index contributed by atoms with van der Waals surface area (Å²) in [6.45, 7) is 0. The lowest BCUT2D eigenvalue weighted by Gasteiger charge is -2.54. The maximum atomic E-state index is 13.5. The Hall–Kier alpha value is -2.95. The minimum absolute atomic E-state index is 0.0153. The van der Waals surface area contributed by atoms with Gasteiger partial charge in [0.15, 0.2) is 34.7 Å². The molecule has 0 spiro atoms. The van der Waals surface area contributed by atoms with E-state index in [1.165, 1.54) is 31.1 Å². The predicted molar refractivity (Wildman–Crippen MR) is 103 cm³/mol. The van der Waals surface area contributed by atoms with Crippen LogP contribution in [-0.4, -0.2) is 81.1 Å². The first-order valence-corrected chi connectivity index (χ1v) is 9.78. The van der Waals surface area contributed by atoms with Crippen LogP contribution in [0.3, 0.4) is 0 Å². The van der Waals surface area contributed by atoms with Crippen molar-refractivity contribution >= 4 is 29.0 Å². The second-order valence-electron chi connectivity index (χ2n) is 8.68. The fourth-order valence-electron chi connectivity index (χ4n) is 5.55. The molecule has 0 heterocycles. The third-order valence-corrected chi connectivity index (χ3v) is 6.88. The molecule has 7 atom stereocenters. The Kier molecular flexibility index (Phi) is 4.65. The fraction of sp³-hybridized carbons (Fsp3) is 0.476. The number of phenols is 1. The van der Waals surface area contributed by atoms with Gasteiger partial charge in [-0.05, 0) is 32.1 Å². The Morgan fingerprint density at radius 1 is 1.16 bits per heavy atom. The van der Waals surface area contributed by atoms with E-state index >= 15 is 0 Å². The highest BCUT2D eigenvalue weighted by Gasteiger charge is 2.72. The van der Waals surface area contributed by atoms with Crippen LogP contribution in [0.2, 0.25) is 0 Å². The Balaban J connectivity index is 1.92. The lowest BCUT2D eigenvalue weighted by atomic mass is 9.51. The number of Topliss-reactive ketones (excluding diaryl/α,β-unsaturated/α-hetero) is 4. The molecule has 2 fully saturated rings. The van der Waals surface area contributed by atoms with Crippen molar-refractivity contribution in [2.45, 2.75) is 24.2 Å². The number of nitrogens with two attached hydrogens (primary N) is 1. The number of nitrogens with zero attached hydrogens (tertiary/aromatic N) is 1. The zero-order valence-electron chi connectivity index (χ0n) is 16.8. The third kappa shape index (κ3) is 2.58. The van der Waals surface area contributed by atoms with Gasteiger partial charge in [0, 0.05) is 5.92 Å². The molecule has 0 saturated heterocycles. The van der Waals surface area contributed by atoms with E-state index in [0.717, 1.165) is 0 Å².